The van der Waals surface area contributed by atoms with Crippen molar-refractivity contribution in [2.75, 3.05) is 7.05 Å². The maximum absolute atomic E-state index is 12.4. The van der Waals surface area contributed by atoms with E-state index in [2.05, 4.69) is 18.3 Å². The number of carbonyl (C=O) groups is 3. The van der Waals surface area contributed by atoms with Crippen LogP contribution in [0.1, 0.15) is 50.2 Å². The lowest BCUT2D eigenvalue weighted by Crippen LogP contribution is -2.25. The van der Waals surface area contributed by atoms with Crippen molar-refractivity contribution in [2.45, 2.75) is 45.6 Å². The molecule has 31 heavy (non-hydrogen) atoms. The van der Waals surface area contributed by atoms with Gasteiger partial charge in [-0.25, -0.2) is 0 Å². The molecule has 3 amide bonds. The number of hydrogen-bond donors (Lipinski definition) is 1. The number of unbranched alkanes of at least 4 members (excludes halogenated alkanes) is 3. The monoisotopic (exact) mass is 436 g/mol. The zero-order chi connectivity index (χ0) is 22.2. The van der Waals surface area contributed by atoms with E-state index in [-0.39, 0.29) is 17.1 Å². The summed E-state index contributed by atoms with van der Waals surface area (Å²) in [4.78, 5) is 37.5. The topological polar surface area (TPSA) is 66.5 Å². The Morgan fingerprint density at radius 2 is 1.81 bits per heavy atom. The van der Waals surface area contributed by atoms with Gasteiger partial charge in [-0.05, 0) is 52.6 Å². The number of carbonyl (C=O) groups excluding carboxylic acids is 3. The van der Waals surface area contributed by atoms with Crippen molar-refractivity contribution in [1.29, 1.82) is 0 Å². The van der Waals surface area contributed by atoms with E-state index in [1.165, 1.54) is 12.8 Å². The zero-order valence-corrected chi connectivity index (χ0v) is 18.8. The predicted octanol–water partition coefficient (Wildman–Crippen LogP) is 5.61. The summed E-state index contributed by atoms with van der Waals surface area (Å²) in [7, 11) is 1.86. The summed E-state index contributed by atoms with van der Waals surface area (Å²) in [6.45, 7) is 2.76. The van der Waals surface area contributed by atoms with Gasteiger partial charge in [0, 0.05) is 20.0 Å². The molecule has 1 heterocycles. The lowest BCUT2D eigenvalue weighted by atomic mass is 10.0. The van der Waals surface area contributed by atoms with Gasteiger partial charge >= 0.3 is 0 Å². The minimum atomic E-state index is -0.351. The SMILES string of the molecule is CCCCCCC(=O)N(C)Cc1cccc(-c2ccc(/C=C3/SC(=O)NC3=O)cc2)c1. The summed E-state index contributed by atoms with van der Waals surface area (Å²) in [5.41, 5.74) is 4.08. The Morgan fingerprint density at radius 3 is 2.48 bits per heavy atom. The third kappa shape index (κ3) is 6.56. The molecule has 0 aliphatic carbocycles. The molecule has 2 aromatic rings. The van der Waals surface area contributed by atoms with Gasteiger partial charge in [-0.2, -0.15) is 0 Å². The first-order valence-electron chi connectivity index (χ1n) is 10.6. The Kier molecular flexibility index (Phi) is 8.06. The van der Waals surface area contributed by atoms with Crippen LogP contribution in [0.5, 0.6) is 0 Å². The van der Waals surface area contributed by atoms with E-state index in [0.717, 1.165) is 46.9 Å². The van der Waals surface area contributed by atoms with Crippen molar-refractivity contribution in [3.05, 3.63) is 64.6 Å². The molecule has 1 aliphatic heterocycles. The molecule has 162 valence electrons. The van der Waals surface area contributed by atoms with Crippen LogP contribution in [0, 0.1) is 0 Å². The summed E-state index contributed by atoms with van der Waals surface area (Å²) in [6, 6.07) is 16.0. The summed E-state index contributed by atoms with van der Waals surface area (Å²) >= 11 is 0.915. The van der Waals surface area contributed by atoms with Crippen molar-refractivity contribution in [3.8, 4) is 11.1 Å². The number of hydrogen-bond acceptors (Lipinski definition) is 4. The molecule has 0 spiro atoms. The van der Waals surface area contributed by atoms with Crippen LogP contribution in [0.2, 0.25) is 0 Å². The number of nitrogens with zero attached hydrogens (tertiary/aromatic N) is 1. The van der Waals surface area contributed by atoms with Gasteiger partial charge in [-0.3, -0.25) is 19.7 Å². The van der Waals surface area contributed by atoms with Gasteiger partial charge in [0.15, 0.2) is 0 Å². The van der Waals surface area contributed by atoms with E-state index in [9.17, 15) is 14.4 Å². The average Bonchev–Trinajstić information content (AvgIpc) is 3.08. The van der Waals surface area contributed by atoms with Gasteiger partial charge < -0.3 is 4.90 Å². The second-order valence-corrected chi connectivity index (χ2v) is 8.75. The first-order valence-corrected chi connectivity index (χ1v) is 11.5. The molecule has 0 aromatic heterocycles. The third-order valence-corrected chi connectivity index (χ3v) is 6.01. The minimum absolute atomic E-state index is 0.186. The van der Waals surface area contributed by atoms with Crippen LogP contribution in [0.25, 0.3) is 17.2 Å². The highest BCUT2D eigenvalue weighted by Crippen LogP contribution is 2.27. The fraction of sp³-hybridized carbons (Fsp3) is 0.320. The molecular weight excluding hydrogens is 408 g/mol. The Morgan fingerprint density at radius 1 is 1.03 bits per heavy atom. The maximum atomic E-state index is 12.4. The molecule has 0 saturated carbocycles. The van der Waals surface area contributed by atoms with Crippen LogP contribution in [-0.4, -0.2) is 29.0 Å². The third-order valence-electron chi connectivity index (χ3n) is 5.20. The van der Waals surface area contributed by atoms with Gasteiger partial charge in [0.25, 0.3) is 11.1 Å². The van der Waals surface area contributed by atoms with Crippen molar-refractivity contribution >= 4 is 34.9 Å². The first-order chi connectivity index (χ1) is 15.0. The lowest BCUT2D eigenvalue weighted by molar-refractivity contribution is -0.130. The molecular formula is C25H28N2O3S. The highest BCUT2D eigenvalue weighted by atomic mass is 32.2. The van der Waals surface area contributed by atoms with Crippen LogP contribution in [0.4, 0.5) is 4.79 Å². The number of rotatable bonds is 9. The predicted molar refractivity (Wildman–Crippen MR) is 126 cm³/mol. The van der Waals surface area contributed by atoms with E-state index in [1.807, 2.05) is 49.5 Å². The zero-order valence-electron chi connectivity index (χ0n) is 18.0. The molecule has 1 N–H and O–H groups in total. The normalized spacial score (nSPS) is 14.7. The fourth-order valence-electron chi connectivity index (χ4n) is 3.45. The summed E-state index contributed by atoms with van der Waals surface area (Å²) < 4.78 is 0. The molecule has 0 atom stereocenters. The second-order valence-electron chi connectivity index (χ2n) is 7.74. The van der Waals surface area contributed by atoms with Gasteiger partial charge in [0.1, 0.15) is 0 Å². The molecule has 2 aromatic carbocycles. The molecule has 6 heteroatoms. The number of thioether (sulfide) groups is 1. The Hall–Kier alpha value is -2.86. The molecule has 3 rings (SSSR count). The Bertz CT molecular complexity index is 983. The maximum Gasteiger partial charge on any atom is 0.290 e. The highest BCUT2D eigenvalue weighted by Gasteiger charge is 2.24. The van der Waals surface area contributed by atoms with E-state index < -0.39 is 0 Å². The van der Waals surface area contributed by atoms with Crippen molar-refractivity contribution < 1.29 is 14.4 Å². The van der Waals surface area contributed by atoms with Crippen LogP contribution < -0.4 is 5.32 Å². The van der Waals surface area contributed by atoms with Crippen LogP contribution >= 0.6 is 11.8 Å². The average molecular weight is 437 g/mol. The quantitative estimate of drug-likeness (QED) is 0.410. The van der Waals surface area contributed by atoms with Crippen LogP contribution in [0.3, 0.4) is 0 Å². The summed E-state index contributed by atoms with van der Waals surface area (Å²) in [5, 5.41) is 1.92. The van der Waals surface area contributed by atoms with E-state index in [0.29, 0.717) is 17.9 Å². The molecule has 1 fully saturated rings. The van der Waals surface area contributed by atoms with Crippen LogP contribution in [0.15, 0.2) is 53.4 Å². The Labute approximate surface area is 187 Å². The number of imide groups is 1. The molecule has 1 saturated heterocycles. The molecule has 0 unspecified atom stereocenters. The van der Waals surface area contributed by atoms with E-state index in [4.69, 9.17) is 0 Å². The van der Waals surface area contributed by atoms with Gasteiger partial charge in [-0.1, -0.05) is 68.7 Å². The van der Waals surface area contributed by atoms with Crippen LogP contribution in [-0.2, 0) is 16.1 Å². The van der Waals surface area contributed by atoms with E-state index in [1.54, 1.807) is 11.0 Å². The van der Waals surface area contributed by atoms with Gasteiger partial charge in [0.05, 0.1) is 4.91 Å². The molecule has 5 nitrogen and oxygen atoms in total. The number of nitrogens with one attached hydrogen (secondary N) is 1. The second kappa shape index (κ2) is 11.0. The van der Waals surface area contributed by atoms with E-state index >= 15 is 0 Å². The van der Waals surface area contributed by atoms with Crippen molar-refractivity contribution in [1.82, 2.24) is 10.2 Å². The van der Waals surface area contributed by atoms with Crippen molar-refractivity contribution in [2.24, 2.45) is 0 Å². The molecule has 0 radical (unpaired) electrons. The lowest BCUT2D eigenvalue weighted by Gasteiger charge is -2.18. The highest BCUT2D eigenvalue weighted by molar-refractivity contribution is 8.18. The Balaban J connectivity index is 1.63. The largest absolute Gasteiger partial charge is 0.341 e. The smallest absolute Gasteiger partial charge is 0.290 e. The first kappa shape index (κ1) is 22.8. The molecule has 0 bridgehead atoms. The fourth-order valence-corrected chi connectivity index (χ4v) is 4.13. The minimum Gasteiger partial charge on any atom is -0.341 e. The summed E-state index contributed by atoms with van der Waals surface area (Å²) in [6.07, 6.45) is 6.73. The number of amides is 3. The van der Waals surface area contributed by atoms with Crippen molar-refractivity contribution in [3.63, 3.8) is 0 Å². The summed E-state index contributed by atoms with van der Waals surface area (Å²) in [5.74, 6) is -0.165. The molecule has 1 aliphatic rings. The van der Waals surface area contributed by atoms with Gasteiger partial charge in [0.2, 0.25) is 5.91 Å². The number of benzene rings is 2. The standard InChI is InChI=1S/C25H28N2O3S/c1-3-4-5-6-10-23(28)27(2)17-19-8-7-9-21(15-19)20-13-11-18(12-14-20)16-22-24(29)26-25(30)31-22/h7-9,11-16H,3-6,10,17H2,1-2H3,(H,26,29,30)/b22-16+. The van der Waals surface area contributed by atoms with Gasteiger partial charge in [-0.15, -0.1) is 0 Å².